The van der Waals surface area contributed by atoms with Gasteiger partial charge in [0.1, 0.15) is 0 Å². The molecule has 0 radical (unpaired) electrons. The number of halogens is 1. The molecule has 0 aliphatic rings. The normalized spacial score (nSPS) is 10.7. The minimum atomic E-state index is 0.592. The summed E-state index contributed by atoms with van der Waals surface area (Å²) in [7, 11) is 4.02. The van der Waals surface area contributed by atoms with E-state index >= 15 is 0 Å². The van der Waals surface area contributed by atoms with Crippen LogP contribution in [0, 0.1) is 0 Å². The van der Waals surface area contributed by atoms with Crippen LogP contribution in [-0.4, -0.2) is 24.2 Å². The molecule has 2 aromatic carbocycles. The first-order chi connectivity index (χ1) is 10.6. The lowest BCUT2D eigenvalue weighted by atomic mass is 10.1. The molecule has 0 spiro atoms. The van der Waals surface area contributed by atoms with Gasteiger partial charge in [0.15, 0.2) is 0 Å². The molecule has 0 N–H and O–H groups in total. The van der Waals surface area contributed by atoms with Gasteiger partial charge in [-0.15, -0.1) is 0 Å². The van der Waals surface area contributed by atoms with Crippen LogP contribution in [0.15, 0.2) is 53.1 Å². The average molecular weight is 314 g/mol. The lowest BCUT2D eigenvalue weighted by Crippen LogP contribution is -2.07. The van der Waals surface area contributed by atoms with Gasteiger partial charge in [0.2, 0.25) is 11.7 Å². The molecule has 3 rings (SSSR count). The van der Waals surface area contributed by atoms with Crippen LogP contribution in [0.3, 0.4) is 0 Å². The number of hydrogen-bond acceptors (Lipinski definition) is 4. The van der Waals surface area contributed by atoms with E-state index in [1.807, 2.05) is 67.5 Å². The molecular weight excluding hydrogens is 298 g/mol. The van der Waals surface area contributed by atoms with E-state index in [0.717, 1.165) is 21.8 Å². The number of benzene rings is 2. The Balaban J connectivity index is 1.77. The van der Waals surface area contributed by atoms with E-state index in [1.165, 1.54) is 0 Å². The SMILES string of the molecule is CN(C)c1ccc(-c2noc(Cc3ccc(Cl)cc3)n2)cc1. The van der Waals surface area contributed by atoms with Crippen molar-refractivity contribution in [3.8, 4) is 11.4 Å². The number of anilines is 1. The lowest BCUT2D eigenvalue weighted by molar-refractivity contribution is 0.385. The molecule has 0 aliphatic carbocycles. The third-order valence-electron chi connectivity index (χ3n) is 3.38. The third kappa shape index (κ3) is 3.28. The standard InChI is InChI=1S/C17H16ClN3O/c1-21(2)15-9-5-13(6-10-15)17-19-16(22-20-17)11-12-3-7-14(18)8-4-12/h3-10H,11H2,1-2H3. The predicted molar refractivity (Wildman–Crippen MR) is 88.3 cm³/mol. The van der Waals surface area contributed by atoms with Crippen molar-refractivity contribution in [3.63, 3.8) is 0 Å². The smallest absolute Gasteiger partial charge is 0.231 e. The zero-order chi connectivity index (χ0) is 15.5. The molecule has 0 unspecified atom stereocenters. The van der Waals surface area contributed by atoms with Gasteiger partial charge >= 0.3 is 0 Å². The Labute approximate surface area is 134 Å². The second kappa shape index (κ2) is 6.20. The van der Waals surface area contributed by atoms with Gasteiger partial charge in [-0.3, -0.25) is 0 Å². The summed E-state index contributed by atoms with van der Waals surface area (Å²) in [6.07, 6.45) is 0.597. The van der Waals surface area contributed by atoms with E-state index in [9.17, 15) is 0 Å². The van der Waals surface area contributed by atoms with Gasteiger partial charge in [-0.1, -0.05) is 28.9 Å². The van der Waals surface area contributed by atoms with Crippen LogP contribution in [0.5, 0.6) is 0 Å². The van der Waals surface area contributed by atoms with Crippen LogP contribution in [0.1, 0.15) is 11.5 Å². The van der Waals surface area contributed by atoms with Crippen LogP contribution < -0.4 is 4.90 Å². The molecule has 112 valence electrons. The van der Waals surface area contributed by atoms with E-state index in [1.54, 1.807) is 0 Å². The Morgan fingerprint density at radius 1 is 1.00 bits per heavy atom. The maximum Gasteiger partial charge on any atom is 0.231 e. The summed E-state index contributed by atoms with van der Waals surface area (Å²) in [6, 6.07) is 15.7. The molecule has 4 nitrogen and oxygen atoms in total. The molecule has 0 fully saturated rings. The molecule has 0 saturated heterocycles. The van der Waals surface area contributed by atoms with Crippen molar-refractivity contribution in [1.29, 1.82) is 0 Å². The van der Waals surface area contributed by atoms with E-state index in [4.69, 9.17) is 16.1 Å². The van der Waals surface area contributed by atoms with Crippen molar-refractivity contribution in [2.75, 3.05) is 19.0 Å². The molecular formula is C17H16ClN3O. The Morgan fingerprint density at radius 2 is 1.68 bits per heavy atom. The molecule has 0 saturated carbocycles. The van der Waals surface area contributed by atoms with E-state index in [2.05, 4.69) is 10.1 Å². The summed E-state index contributed by atoms with van der Waals surface area (Å²) in [5.41, 5.74) is 3.16. The van der Waals surface area contributed by atoms with Crippen molar-refractivity contribution in [2.45, 2.75) is 6.42 Å². The van der Waals surface area contributed by atoms with E-state index in [0.29, 0.717) is 18.1 Å². The van der Waals surface area contributed by atoms with Gasteiger partial charge < -0.3 is 9.42 Å². The monoisotopic (exact) mass is 313 g/mol. The van der Waals surface area contributed by atoms with Gasteiger partial charge in [-0.05, 0) is 42.0 Å². The Hall–Kier alpha value is -2.33. The van der Waals surface area contributed by atoms with Crippen LogP contribution in [0.2, 0.25) is 5.02 Å². The minimum absolute atomic E-state index is 0.592. The fourth-order valence-corrected chi connectivity index (χ4v) is 2.26. The average Bonchev–Trinajstić information content (AvgIpc) is 2.98. The van der Waals surface area contributed by atoms with Gasteiger partial charge in [-0.25, -0.2) is 0 Å². The lowest BCUT2D eigenvalue weighted by Gasteiger charge is -2.11. The molecule has 0 bridgehead atoms. The van der Waals surface area contributed by atoms with Crippen LogP contribution in [-0.2, 0) is 6.42 Å². The summed E-state index contributed by atoms with van der Waals surface area (Å²) in [4.78, 5) is 6.50. The summed E-state index contributed by atoms with van der Waals surface area (Å²) in [5, 5.41) is 4.77. The number of aromatic nitrogens is 2. The van der Waals surface area contributed by atoms with Crippen molar-refractivity contribution in [2.24, 2.45) is 0 Å². The highest BCUT2D eigenvalue weighted by Crippen LogP contribution is 2.21. The molecule has 1 aromatic heterocycles. The molecule has 0 amide bonds. The minimum Gasteiger partial charge on any atom is -0.378 e. The highest BCUT2D eigenvalue weighted by molar-refractivity contribution is 6.30. The van der Waals surface area contributed by atoms with Crippen molar-refractivity contribution in [3.05, 3.63) is 65.0 Å². The summed E-state index contributed by atoms with van der Waals surface area (Å²) in [6.45, 7) is 0. The molecule has 0 atom stereocenters. The molecule has 0 aliphatic heterocycles. The first kappa shape index (κ1) is 14.6. The third-order valence-corrected chi connectivity index (χ3v) is 3.63. The second-order valence-corrected chi connectivity index (χ2v) is 5.69. The van der Waals surface area contributed by atoms with E-state index < -0.39 is 0 Å². The van der Waals surface area contributed by atoms with Crippen molar-refractivity contribution in [1.82, 2.24) is 10.1 Å². The zero-order valence-corrected chi connectivity index (χ0v) is 13.2. The van der Waals surface area contributed by atoms with Crippen LogP contribution in [0.4, 0.5) is 5.69 Å². The maximum atomic E-state index is 5.88. The summed E-state index contributed by atoms with van der Waals surface area (Å²) >= 11 is 5.88. The summed E-state index contributed by atoms with van der Waals surface area (Å²) in [5.74, 6) is 1.20. The highest BCUT2D eigenvalue weighted by Gasteiger charge is 2.09. The maximum absolute atomic E-state index is 5.88. The highest BCUT2D eigenvalue weighted by atomic mass is 35.5. The zero-order valence-electron chi connectivity index (χ0n) is 12.5. The summed E-state index contributed by atoms with van der Waals surface area (Å²) < 4.78 is 5.33. The van der Waals surface area contributed by atoms with Gasteiger partial charge in [0.05, 0.1) is 6.42 Å². The van der Waals surface area contributed by atoms with Gasteiger partial charge in [-0.2, -0.15) is 4.98 Å². The Morgan fingerprint density at radius 3 is 2.32 bits per heavy atom. The van der Waals surface area contributed by atoms with Crippen LogP contribution >= 0.6 is 11.6 Å². The fraction of sp³-hybridized carbons (Fsp3) is 0.176. The second-order valence-electron chi connectivity index (χ2n) is 5.26. The molecule has 3 aromatic rings. The first-order valence-electron chi connectivity index (χ1n) is 6.96. The van der Waals surface area contributed by atoms with E-state index in [-0.39, 0.29) is 0 Å². The van der Waals surface area contributed by atoms with Crippen molar-refractivity contribution < 1.29 is 4.52 Å². The number of hydrogen-bond donors (Lipinski definition) is 0. The largest absolute Gasteiger partial charge is 0.378 e. The van der Waals surface area contributed by atoms with Gasteiger partial charge in [0.25, 0.3) is 0 Å². The number of nitrogens with zero attached hydrogens (tertiary/aromatic N) is 3. The van der Waals surface area contributed by atoms with Gasteiger partial charge in [0, 0.05) is 30.4 Å². The van der Waals surface area contributed by atoms with Crippen molar-refractivity contribution >= 4 is 17.3 Å². The molecule has 22 heavy (non-hydrogen) atoms. The molecule has 1 heterocycles. The molecule has 5 heteroatoms. The predicted octanol–water partition coefficient (Wildman–Crippen LogP) is 4.05. The first-order valence-corrected chi connectivity index (χ1v) is 7.34. The fourth-order valence-electron chi connectivity index (χ4n) is 2.13. The van der Waals surface area contributed by atoms with Crippen LogP contribution in [0.25, 0.3) is 11.4 Å². The topological polar surface area (TPSA) is 42.2 Å². The Bertz CT molecular complexity index is 748. The quantitative estimate of drug-likeness (QED) is 0.729. The number of rotatable bonds is 4. The Kier molecular flexibility index (Phi) is 4.11.